The number of nitro benzene ring substituents is 1. The van der Waals surface area contributed by atoms with Gasteiger partial charge in [-0.2, -0.15) is 0 Å². The summed E-state index contributed by atoms with van der Waals surface area (Å²) in [7, 11) is 0. The van der Waals surface area contributed by atoms with Crippen LogP contribution in [0.5, 0.6) is 0 Å². The van der Waals surface area contributed by atoms with Crippen LogP contribution in [-0.4, -0.2) is 10.8 Å². The molecule has 2 rings (SSSR count). The quantitative estimate of drug-likeness (QED) is 0.529. The molecule has 0 unspecified atom stereocenters. The Morgan fingerprint density at radius 2 is 1.95 bits per heavy atom. The number of nitrogens with one attached hydrogen (secondary N) is 1. The number of amides is 1. The molecule has 2 aromatic rings. The highest BCUT2D eigenvalue weighted by molar-refractivity contribution is 6.01. The number of anilines is 1. The maximum Gasteiger partial charge on any atom is 0.270 e. The Kier molecular flexibility index (Phi) is 4.46. The van der Waals surface area contributed by atoms with E-state index in [0.717, 1.165) is 5.56 Å². The monoisotopic (exact) mass is 282 g/mol. The predicted octanol–water partition coefficient (Wildman–Crippen LogP) is 3.56. The second kappa shape index (κ2) is 6.47. The van der Waals surface area contributed by atoms with E-state index in [1.54, 1.807) is 18.2 Å². The lowest BCUT2D eigenvalue weighted by atomic mass is 10.2. The average molecular weight is 282 g/mol. The Morgan fingerprint density at radius 1 is 1.19 bits per heavy atom. The van der Waals surface area contributed by atoms with E-state index in [2.05, 4.69) is 5.32 Å². The molecular weight excluding hydrogens is 268 g/mol. The molecule has 0 bridgehead atoms. The lowest BCUT2D eigenvalue weighted by Gasteiger charge is -2.02. The highest BCUT2D eigenvalue weighted by atomic mass is 16.6. The Balaban J connectivity index is 2.05. The van der Waals surface area contributed by atoms with Gasteiger partial charge in [0, 0.05) is 23.9 Å². The summed E-state index contributed by atoms with van der Waals surface area (Å²) in [6, 6.07) is 13.6. The third-order valence-electron chi connectivity index (χ3n) is 2.79. The third kappa shape index (κ3) is 4.28. The summed E-state index contributed by atoms with van der Waals surface area (Å²) >= 11 is 0. The number of rotatable bonds is 4. The number of carbonyl (C=O) groups excluding carboxylic acids is 1. The van der Waals surface area contributed by atoms with Gasteiger partial charge in [0.1, 0.15) is 0 Å². The number of carbonyl (C=O) groups is 1. The fourth-order valence-electron chi connectivity index (χ4n) is 1.82. The van der Waals surface area contributed by atoms with E-state index in [1.807, 2.05) is 25.1 Å². The molecule has 0 heterocycles. The van der Waals surface area contributed by atoms with Crippen LogP contribution in [0.15, 0.2) is 54.6 Å². The fourth-order valence-corrected chi connectivity index (χ4v) is 1.82. The van der Waals surface area contributed by atoms with Crippen molar-refractivity contribution in [1.29, 1.82) is 0 Å². The normalized spacial score (nSPS) is 10.5. The van der Waals surface area contributed by atoms with Gasteiger partial charge in [-0.3, -0.25) is 14.9 Å². The molecule has 0 radical (unpaired) electrons. The Bertz CT molecular complexity index is 708. The van der Waals surface area contributed by atoms with Gasteiger partial charge in [-0.25, -0.2) is 0 Å². The first-order chi connectivity index (χ1) is 10.0. The third-order valence-corrected chi connectivity index (χ3v) is 2.79. The highest BCUT2D eigenvalue weighted by Gasteiger charge is 2.04. The highest BCUT2D eigenvalue weighted by Crippen LogP contribution is 2.14. The van der Waals surface area contributed by atoms with Crippen LogP contribution >= 0.6 is 0 Å². The first-order valence-electron chi connectivity index (χ1n) is 6.35. The SMILES string of the molecule is Cc1cccc(NC(=O)/C=C/c2cccc([N+](=O)[O-])c2)c1. The number of nitrogens with zero attached hydrogens (tertiary/aromatic N) is 1. The first kappa shape index (κ1) is 14.5. The lowest BCUT2D eigenvalue weighted by Crippen LogP contribution is -2.07. The maximum atomic E-state index is 11.8. The number of hydrogen-bond donors (Lipinski definition) is 1. The van der Waals surface area contributed by atoms with E-state index < -0.39 is 4.92 Å². The average Bonchev–Trinajstić information content (AvgIpc) is 2.45. The van der Waals surface area contributed by atoms with Crippen molar-refractivity contribution >= 4 is 23.4 Å². The Labute approximate surface area is 122 Å². The summed E-state index contributed by atoms with van der Waals surface area (Å²) < 4.78 is 0. The zero-order valence-electron chi connectivity index (χ0n) is 11.4. The molecule has 21 heavy (non-hydrogen) atoms. The van der Waals surface area contributed by atoms with Crippen LogP contribution in [-0.2, 0) is 4.79 Å². The van der Waals surface area contributed by atoms with Gasteiger partial charge >= 0.3 is 0 Å². The van der Waals surface area contributed by atoms with Crippen molar-refractivity contribution in [2.75, 3.05) is 5.32 Å². The van der Waals surface area contributed by atoms with Crippen molar-refractivity contribution in [2.24, 2.45) is 0 Å². The molecule has 106 valence electrons. The molecule has 5 nitrogen and oxygen atoms in total. The minimum absolute atomic E-state index is 0.00348. The van der Waals surface area contributed by atoms with E-state index in [0.29, 0.717) is 11.3 Å². The molecule has 0 aliphatic rings. The second-order valence-corrected chi connectivity index (χ2v) is 4.54. The van der Waals surface area contributed by atoms with E-state index >= 15 is 0 Å². The molecule has 0 aliphatic carbocycles. The summed E-state index contributed by atoms with van der Waals surface area (Å²) in [5.74, 6) is -0.285. The topological polar surface area (TPSA) is 72.2 Å². The van der Waals surface area contributed by atoms with Gasteiger partial charge in [0.15, 0.2) is 0 Å². The van der Waals surface area contributed by atoms with Gasteiger partial charge < -0.3 is 5.32 Å². The minimum atomic E-state index is -0.468. The van der Waals surface area contributed by atoms with E-state index in [-0.39, 0.29) is 11.6 Å². The van der Waals surface area contributed by atoms with Crippen LogP contribution in [0.25, 0.3) is 6.08 Å². The van der Waals surface area contributed by atoms with Gasteiger partial charge in [0.25, 0.3) is 5.69 Å². The predicted molar refractivity (Wildman–Crippen MR) is 81.9 cm³/mol. The molecule has 0 aromatic heterocycles. The minimum Gasteiger partial charge on any atom is -0.323 e. The number of hydrogen-bond acceptors (Lipinski definition) is 3. The van der Waals surface area contributed by atoms with Gasteiger partial charge in [-0.1, -0.05) is 24.3 Å². The summed E-state index contributed by atoms with van der Waals surface area (Å²) in [5, 5.41) is 13.4. The number of aryl methyl sites for hydroxylation is 1. The summed E-state index contributed by atoms with van der Waals surface area (Å²) in [4.78, 5) is 22.0. The molecule has 0 saturated carbocycles. The maximum absolute atomic E-state index is 11.8. The summed E-state index contributed by atoms with van der Waals surface area (Å²) in [6.07, 6.45) is 2.89. The van der Waals surface area contributed by atoms with Crippen LogP contribution < -0.4 is 5.32 Å². The summed E-state index contributed by atoms with van der Waals surface area (Å²) in [5.41, 5.74) is 2.36. The molecule has 0 fully saturated rings. The van der Waals surface area contributed by atoms with E-state index in [4.69, 9.17) is 0 Å². The molecule has 0 aliphatic heterocycles. The van der Waals surface area contributed by atoms with Gasteiger partial charge in [-0.05, 0) is 36.3 Å². The molecule has 2 aromatic carbocycles. The standard InChI is InChI=1S/C16H14N2O3/c1-12-4-2-6-14(10-12)17-16(19)9-8-13-5-3-7-15(11-13)18(20)21/h2-11H,1H3,(H,17,19)/b9-8+. The fraction of sp³-hybridized carbons (Fsp3) is 0.0625. The number of nitro groups is 1. The number of benzene rings is 2. The van der Waals surface area contributed by atoms with Crippen LogP contribution in [0.1, 0.15) is 11.1 Å². The van der Waals surface area contributed by atoms with Gasteiger partial charge in [0.2, 0.25) is 5.91 Å². The van der Waals surface area contributed by atoms with Crippen molar-refractivity contribution < 1.29 is 9.72 Å². The lowest BCUT2D eigenvalue weighted by molar-refractivity contribution is -0.384. The Hall–Kier alpha value is -2.95. The zero-order valence-corrected chi connectivity index (χ0v) is 11.4. The molecule has 0 spiro atoms. The second-order valence-electron chi connectivity index (χ2n) is 4.54. The van der Waals surface area contributed by atoms with Crippen molar-refractivity contribution in [3.63, 3.8) is 0 Å². The zero-order chi connectivity index (χ0) is 15.2. The van der Waals surface area contributed by atoms with Crippen LogP contribution in [0.2, 0.25) is 0 Å². The van der Waals surface area contributed by atoms with Crippen molar-refractivity contribution in [3.05, 3.63) is 75.8 Å². The first-order valence-corrected chi connectivity index (χ1v) is 6.35. The molecule has 5 heteroatoms. The van der Waals surface area contributed by atoms with Gasteiger partial charge in [0.05, 0.1) is 4.92 Å². The largest absolute Gasteiger partial charge is 0.323 e. The van der Waals surface area contributed by atoms with Gasteiger partial charge in [-0.15, -0.1) is 0 Å². The van der Waals surface area contributed by atoms with Crippen molar-refractivity contribution in [3.8, 4) is 0 Å². The van der Waals surface area contributed by atoms with Crippen LogP contribution in [0.3, 0.4) is 0 Å². The molecular formula is C16H14N2O3. The van der Waals surface area contributed by atoms with Crippen molar-refractivity contribution in [2.45, 2.75) is 6.92 Å². The molecule has 1 amide bonds. The van der Waals surface area contributed by atoms with E-state index in [1.165, 1.54) is 24.3 Å². The molecule has 1 N–H and O–H groups in total. The van der Waals surface area contributed by atoms with Crippen LogP contribution in [0.4, 0.5) is 11.4 Å². The smallest absolute Gasteiger partial charge is 0.270 e. The summed E-state index contributed by atoms with van der Waals surface area (Å²) in [6.45, 7) is 1.94. The van der Waals surface area contributed by atoms with Crippen molar-refractivity contribution in [1.82, 2.24) is 0 Å². The van der Waals surface area contributed by atoms with Crippen LogP contribution in [0, 0.1) is 17.0 Å². The number of non-ortho nitro benzene ring substituents is 1. The Morgan fingerprint density at radius 3 is 2.67 bits per heavy atom. The molecule has 0 atom stereocenters. The van der Waals surface area contributed by atoms with E-state index in [9.17, 15) is 14.9 Å². The molecule has 0 saturated heterocycles.